The van der Waals surface area contributed by atoms with Crippen molar-refractivity contribution in [3.05, 3.63) is 0 Å². The Morgan fingerprint density at radius 1 is 1.75 bits per heavy atom. The lowest BCUT2D eigenvalue weighted by molar-refractivity contribution is 0.0985. The number of aliphatic hydroxyl groups excluding tert-OH is 1. The highest BCUT2D eigenvalue weighted by Crippen LogP contribution is 2.17. The topological polar surface area (TPSA) is 70.0 Å². The smallest absolute Gasteiger partial charge is 0.407 e. The fraction of sp³-hybridized carbons (Fsp3) is 0.857. The number of aliphatic hydroxyl groups is 1. The van der Waals surface area contributed by atoms with Gasteiger partial charge in [-0.1, -0.05) is 0 Å². The molecule has 0 aliphatic carbocycles. The number of hydrogen-bond acceptors (Lipinski definition) is 3. The van der Waals surface area contributed by atoms with E-state index in [2.05, 4.69) is 0 Å². The van der Waals surface area contributed by atoms with Crippen LogP contribution in [0.4, 0.5) is 4.79 Å². The van der Waals surface area contributed by atoms with Gasteiger partial charge >= 0.3 is 6.09 Å². The Balaban J connectivity index is 2.53. The highest BCUT2D eigenvalue weighted by Gasteiger charge is 2.33. The van der Waals surface area contributed by atoms with Crippen molar-refractivity contribution in [2.45, 2.75) is 18.6 Å². The molecule has 1 fully saturated rings. The number of methoxy groups -OCH3 is 1. The molecule has 2 atom stereocenters. The largest absolute Gasteiger partial charge is 0.465 e. The fourth-order valence-electron chi connectivity index (χ4n) is 1.48. The van der Waals surface area contributed by atoms with Crippen LogP contribution in [0.5, 0.6) is 0 Å². The summed E-state index contributed by atoms with van der Waals surface area (Å²) in [5.41, 5.74) is 0. The first kappa shape index (κ1) is 9.28. The van der Waals surface area contributed by atoms with Gasteiger partial charge in [0.05, 0.1) is 25.3 Å². The predicted molar refractivity (Wildman–Crippen MR) is 41.0 cm³/mol. The summed E-state index contributed by atoms with van der Waals surface area (Å²) in [4.78, 5) is 11.8. The summed E-state index contributed by atoms with van der Waals surface area (Å²) in [6.45, 7) is 0.548. The highest BCUT2D eigenvalue weighted by molar-refractivity contribution is 5.66. The van der Waals surface area contributed by atoms with Gasteiger partial charge in [0.2, 0.25) is 0 Å². The van der Waals surface area contributed by atoms with Gasteiger partial charge in [0.15, 0.2) is 0 Å². The average molecular weight is 175 g/mol. The zero-order chi connectivity index (χ0) is 9.14. The number of likely N-dealkylation sites (tertiary alicyclic amines) is 1. The third-order valence-corrected chi connectivity index (χ3v) is 2.00. The van der Waals surface area contributed by atoms with Crippen LogP contribution in [0.15, 0.2) is 0 Å². The summed E-state index contributed by atoms with van der Waals surface area (Å²) in [7, 11) is 1.52. The number of carbonyl (C=O) groups is 1. The number of nitrogens with zero attached hydrogens (tertiary/aromatic N) is 1. The summed E-state index contributed by atoms with van der Waals surface area (Å²) in [5.74, 6) is 0. The molecule has 1 rings (SSSR count). The van der Waals surface area contributed by atoms with Crippen LogP contribution in [-0.4, -0.2) is 53.6 Å². The molecule has 70 valence electrons. The third-order valence-electron chi connectivity index (χ3n) is 2.00. The molecule has 0 unspecified atom stereocenters. The molecule has 0 aromatic rings. The van der Waals surface area contributed by atoms with Crippen LogP contribution in [0, 0.1) is 0 Å². The summed E-state index contributed by atoms with van der Waals surface area (Å²) >= 11 is 0. The average Bonchev–Trinajstić information content (AvgIpc) is 2.32. The van der Waals surface area contributed by atoms with E-state index in [9.17, 15) is 9.90 Å². The van der Waals surface area contributed by atoms with Gasteiger partial charge < -0.3 is 19.8 Å². The van der Waals surface area contributed by atoms with Gasteiger partial charge in [0.1, 0.15) is 0 Å². The van der Waals surface area contributed by atoms with E-state index < -0.39 is 12.2 Å². The number of hydrogen-bond donors (Lipinski definition) is 2. The molecule has 0 aromatic heterocycles. The summed E-state index contributed by atoms with van der Waals surface area (Å²) in [6.07, 6.45) is -1.06. The van der Waals surface area contributed by atoms with Gasteiger partial charge in [-0.3, -0.25) is 0 Å². The zero-order valence-corrected chi connectivity index (χ0v) is 6.93. The molecular weight excluding hydrogens is 162 g/mol. The second-order valence-electron chi connectivity index (χ2n) is 2.93. The number of amides is 1. The molecule has 1 heterocycles. The maximum atomic E-state index is 10.6. The van der Waals surface area contributed by atoms with Crippen LogP contribution in [0.2, 0.25) is 0 Å². The zero-order valence-electron chi connectivity index (χ0n) is 6.93. The molecule has 5 heteroatoms. The number of ether oxygens (including phenoxy) is 1. The van der Waals surface area contributed by atoms with Crippen molar-refractivity contribution in [3.8, 4) is 0 Å². The van der Waals surface area contributed by atoms with Gasteiger partial charge in [-0.05, 0) is 6.42 Å². The van der Waals surface area contributed by atoms with E-state index in [4.69, 9.17) is 9.84 Å². The van der Waals surface area contributed by atoms with Gasteiger partial charge in [0, 0.05) is 7.11 Å². The van der Waals surface area contributed by atoms with E-state index in [1.54, 1.807) is 0 Å². The molecule has 1 amide bonds. The highest BCUT2D eigenvalue weighted by atomic mass is 16.5. The van der Waals surface area contributed by atoms with Gasteiger partial charge in [-0.25, -0.2) is 4.79 Å². The molecule has 12 heavy (non-hydrogen) atoms. The molecular formula is C7H13NO4. The van der Waals surface area contributed by atoms with Crippen LogP contribution in [-0.2, 0) is 4.74 Å². The van der Waals surface area contributed by atoms with Crippen molar-refractivity contribution < 1.29 is 19.7 Å². The first-order valence-corrected chi connectivity index (χ1v) is 3.81. The van der Waals surface area contributed by atoms with Crippen molar-refractivity contribution in [3.63, 3.8) is 0 Å². The minimum Gasteiger partial charge on any atom is -0.465 e. The quantitative estimate of drug-likeness (QED) is 0.607. The third kappa shape index (κ3) is 1.86. The monoisotopic (exact) mass is 175 g/mol. The molecule has 0 aromatic carbocycles. The van der Waals surface area contributed by atoms with Crippen LogP contribution >= 0.6 is 0 Å². The van der Waals surface area contributed by atoms with E-state index in [-0.39, 0.29) is 12.6 Å². The number of carboxylic acid groups (broad SMARTS) is 1. The Hall–Kier alpha value is -0.810. The van der Waals surface area contributed by atoms with Crippen molar-refractivity contribution in [2.75, 3.05) is 20.3 Å². The fourth-order valence-corrected chi connectivity index (χ4v) is 1.48. The second kappa shape index (κ2) is 3.73. The van der Waals surface area contributed by atoms with Gasteiger partial charge in [-0.2, -0.15) is 0 Å². The Morgan fingerprint density at radius 2 is 2.42 bits per heavy atom. The molecule has 0 saturated carbocycles. The molecule has 1 saturated heterocycles. The first-order valence-electron chi connectivity index (χ1n) is 3.81. The number of rotatable bonds is 2. The minimum atomic E-state index is -0.992. The summed E-state index contributed by atoms with van der Waals surface area (Å²) in [6, 6.07) is -0.192. The molecule has 5 nitrogen and oxygen atoms in total. The van der Waals surface area contributed by atoms with E-state index >= 15 is 0 Å². The van der Waals surface area contributed by atoms with E-state index in [1.165, 1.54) is 12.0 Å². The van der Waals surface area contributed by atoms with Crippen LogP contribution in [0.1, 0.15) is 6.42 Å². The Morgan fingerprint density at radius 3 is 2.92 bits per heavy atom. The van der Waals surface area contributed by atoms with Crippen molar-refractivity contribution in [2.24, 2.45) is 0 Å². The maximum absolute atomic E-state index is 10.6. The Kier molecular flexibility index (Phi) is 2.88. The SMILES string of the molecule is COC[C@H]1C[C@H](O)CN1C(=O)O. The van der Waals surface area contributed by atoms with Gasteiger partial charge in [0.25, 0.3) is 0 Å². The normalized spacial score (nSPS) is 29.3. The molecule has 1 aliphatic rings. The first-order chi connectivity index (χ1) is 5.65. The van der Waals surface area contributed by atoms with E-state index in [0.29, 0.717) is 13.0 Å². The minimum absolute atomic E-state index is 0.192. The lowest BCUT2D eigenvalue weighted by atomic mass is 10.2. The van der Waals surface area contributed by atoms with Crippen LogP contribution in [0.3, 0.4) is 0 Å². The molecule has 0 radical (unpaired) electrons. The molecule has 1 aliphatic heterocycles. The molecule has 0 bridgehead atoms. The summed E-state index contributed by atoms with van der Waals surface area (Å²) < 4.78 is 4.84. The standard InChI is InChI=1S/C7H13NO4/c1-12-4-5-2-6(9)3-8(5)7(10)11/h5-6,9H,2-4H2,1H3,(H,10,11)/t5-,6+/m1/s1. The molecule has 0 spiro atoms. The van der Waals surface area contributed by atoms with Crippen molar-refractivity contribution in [1.29, 1.82) is 0 Å². The van der Waals surface area contributed by atoms with E-state index in [0.717, 1.165) is 0 Å². The summed E-state index contributed by atoms with van der Waals surface area (Å²) in [5, 5.41) is 17.9. The predicted octanol–water partition coefficient (Wildman–Crippen LogP) is -0.254. The molecule has 2 N–H and O–H groups in total. The van der Waals surface area contributed by atoms with Crippen molar-refractivity contribution >= 4 is 6.09 Å². The number of β-amino-alcohol motifs (C(OH)–C–C–N with tert-alkyl or cyclic N) is 1. The lowest BCUT2D eigenvalue weighted by Crippen LogP contribution is -2.37. The van der Waals surface area contributed by atoms with E-state index in [1.807, 2.05) is 0 Å². The van der Waals surface area contributed by atoms with Gasteiger partial charge in [-0.15, -0.1) is 0 Å². The maximum Gasteiger partial charge on any atom is 0.407 e. The Labute approximate surface area is 70.5 Å². The van der Waals surface area contributed by atoms with Crippen molar-refractivity contribution in [1.82, 2.24) is 4.90 Å². The second-order valence-corrected chi connectivity index (χ2v) is 2.93. The van der Waals surface area contributed by atoms with Crippen LogP contribution in [0.25, 0.3) is 0 Å². The van der Waals surface area contributed by atoms with Crippen LogP contribution < -0.4 is 0 Å². The lowest BCUT2D eigenvalue weighted by Gasteiger charge is -2.19. The Bertz CT molecular complexity index is 173.